The van der Waals surface area contributed by atoms with Crippen molar-refractivity contribution >= 4 is 141 Å². The van der Waals surface area contributed by atoms with E-state index in [4.69, 9.17) is 5.11 Å². The van der Waals surface area contributed by atoms with Crippen LogP contribution in [0.5, 0.6) is 0 Å². The lowest BCUT2D eigenvalue weighted by atomic mass is 9.99. The molecule has 0 spiro atoms. The second kappa shape index (κ2) is 44.0. The maximum Gasteiger partial charge on any atom is 0.416 e. The van der Waals surface area contributed by atoms with E-state index in [-0.39, 0.29) is 12.4 Å². The average Bonchev–Trinajstić information content (AvgIpc) is 0.769. The van der Waals surface area contributed by atoms with Crippen molar-refractivity contribution in [3.63, 3.8) is 0 Å². The molecule has 682 valence electrons. The van der Waals surface area contributed by atoms with Crippen molar-refractivity contribution in [1.29, 1.82) is 0 Å². The number of halogens is 3. The first-order valence-electron chi connectivity index (χ1n) is 44.2. The predicted octanol–water partition coefficient (Wildman–Crippen LogP) is 21.6. The number of benzene rings is 10. The number of carbonyl (C=O) groups is 1. The molecular weight excluding hydrogens is 1750 g/mol. The number of ketones is 1. The number of rotatable bonds is 25. The number of fused-ring (bicyclic) bond motifs is 10. The topological polar surface area (TPSA) is 141 Å². The summed E-state index contributed by atoms with van der Waals surface area (Å²) in [4.78, 5) is 47.6. The van der Waals surface area contributed by atoms with Crippen LogP contribution >= 0.6 is 58.8 Å². The Kier molecular flexibility index (Phi) is 33.5. The van der Waals surface area contributed by atoms with Crippen LogP contribution in [0.3, 0.4) is 0 Å². The van der Waals surface area contributed by atoms with Gasteiger partial charge in [0, 0.05) is 146 Å². The highest BCUT2D eigenvalue weighted by Crippen LogP contribution is 2.54. The summed E-state index contributed by atoms with van der Waals surface area (Å²) in [6.07, 6.45) is 5.36. The van der Waals surface area contributed by atoms with Gasteiger partial charge in [-0.15, -0.1) is 0 Å². The van der Waals surface area contributed by atoms with E-state index >= 15 is 0 Å². The first-order chi connectivity index (χ1) is 61.2. The number of β-amino-alcohol motifs (C(OH)–C–C–N with tert-alkyl or cyclic N) is 1. The van der Waals surface area contributed by atoms with Gasteiger partial charge in [0.1, 0.15) is 6.04 Å². The predicted molar refractivity (Wildman–Crippen MR) is 527 cm³/mol. The number of Topliss-reactive ketones (excluding diaryl/α,β-unsaturated/α-hetero) is 1. The normalized spacial score (nSPS) is 16.2. The molecule has 7 aliphatic rings. The Morgan fingerprint density at radius 1 is 0.453 bits per heavy atom. The number of hydrogen-bond acceptors (Lipinski definition) is 21. The maximum absolute atomic E-state index is 13.1. The summed E-state index contributed by atoms with van der Waals surface area (Å²) in [6, 6.07) is 72.9. The lowest BCUT2D eigenvalue weighted by molar-refractivity contribution is -0.892. The molecule has 0 aliphatic carbocycles. The van der Waals surface area contributed by atoms with Crippen molar-refractivity contribution in [2.45, 2.75) is 142 Å². The second-order valence-corrected chi connectivity index (χ2v) is 44.5. The molecule has 0 saturated carbocycles. The van der Waals surface area contributed by atoms with Crippen LogP contribution in [0.15, 0.2) is 277 Å². The molecule has 18 nitrogen and oxygen atoms in total. The summed E-state index contributed by atoms with van der Waals surface area (Å²) < 4.78 is 91.2. The van der Waals surface area contributed by atoms with Crippen molar-refractivity contribution in [3.05, 3.63) is 230 Å². The molecule has 7 aliphatic heterocycles. The SMILES string of the molecule is CC(CN1c2ccccc2Sc2ccccc21)[N+](C)(C)C.CCC(=O)c1ccc2c(c1)N(CCCN(C)C)c1ccccc1S2.CN(C)CCCN1c2ccccc2Sc2ccc(C(F)(F)F)cc21.CN(C)S(=O)(=O)c1ccc2c(c1)N(CCCN1CCN(CCO)CC1)c1ccccc1S2.CN1CCCCC1CCN1c2ccccc2Sc2ccc(S(C)(=O)=O)cc21. The van der Waals surface area contributed by atoms with Crippen LogP contribution in [-0.2, 0) is 26.0 Å². The van der Waals surface area contributed by atoms with Gasteiger partial charge in [-0.3, -0.25) is 9.69 Å². The maximum atomic E-state index is 13.1. The molecule has 0 radical (unpaired) electrons. The van der Waals surface area contributed by atoms with E-state index < -0.39 is 31.6 Å². The number of aliphatic hydroxyl groups is 1. The van der Waals surface area contributed by atoms with Gasteiger partial charge in [0.25, 0.3) is 0 Å². The van der Waals surface area contributed by atoms with Gasteiger partial charge >= 0.3 is 6.18 Å². The van der Waals surface area contributed by atoms with E-state index in [1.165, 1.54) is 106 Å². The Bertz CT molecular complexity index is 5650. The van der Waals surface area contributed by atoms with Crippen LogP contribution in [-0.4, -0.2) is 248 Å². The number of alkyl halides is 3. The zero-order chi connectivity index (χ0) is 91.2. The van der Waals surface area contributed by atoms with Crippen LogP contribution < -0.4 is 24.5 Å². The lowest BCUT2D eigenvalue weighted by Gasteiger charge is -2.39. The zero-order valence-corrected chi connectivity index (χ0v) is 81.8. The largest absolute Gasteiger partial charge is 0.416 e. The molecule has 10 aromatic carbocycles. The summed E-state index contributed by atoms with van der Waals surface area (Å²) in [7, 11) is 13.6. The van der Waals surface area contributed by atoms with Crippen molar-refractivity contribution in [1.82, 2.24) is 28.8 Å². The number of likely N-dealkylation sites (tertiary alicyclic amines) is 1. The Morgan fingerprint density at radius 2 is 0.820 bits per heavy atom. The number of carbonyl (C=O) groups excluding carboxylic acids is 1. The molecule has 128 heavy (non-hydrogen) atoms. The number of piperidine rings is 1. The van der Waals surface area contributed by atoms with Crippen LogP contribution in [0.2, 0.25) is 0 Å². The number of anilines is 10. The molecule has 17 rings (SSSR count). The van der Waals surface area contributed by atoms with Gasteiger partial charge in [0.2, 0.25) is 10.0 Å². The Labute approximate surface area is 779 Å². The summed E-state index contributed by atoms with van der Waals surface area (Å²) >= 11 is 8.61. The number of hydrogen-bond donors (Lipinski definition) is 1. The molecule has 0 aromatic heterocycles. The third-order valence-electron chi connectivity index (χ3n) is 24.2. The number of nitrogens with zero attached hydrogens (tertiary/aromatic N) is 12. The number of piperazine rings is 1. The number of sulfone groups is 1. The van der Waals surface area contributed by atoms with Crippen LogP contribution in [0, 0.1) is 0 Å². The van der Waals surface area contributed by atoms with E-state index in [2.05, 4.69) is 215 Å². The third-order valence-corrected chi connectivity index (χ3v) is 32.8. The molecule has 10 aromatic rings. The summed E-state index contributed by atoms with van der Waals surface area (Å²) in [5.41, 5.74) is 11.2. The Hall–Kier alpha value is -8.01. The second-order valence-electron chi connectivity index (χ2n) is 35.0. The molecule has 2 fully saturated rings. The van der Waals surface area contributed by atoms with E-state index in [9.17, 15) is 34.8 Å². The molecule has 0 amide bonds. The van der Waals surface area contributed by atoms with Gasteiger partial charge in [-0.2, -0.15) is 13.2 Å². The average molecular weight is 1870 g/mol. The summed E-state index contributed by atoms with van der Waals surface area (Å²) in [5.74, 6) is 0.204. The fraction of sp³-hybridized carbons (Fsp3) is 0.390. The van der Waals surface area contributed by atoms with Gasteiger partial charge in [-0.25, -0.2) is 21.1 Å². The third kappa shape index (κ3) is 24.5. The van der Waals surface area contributed by atoms with Crippen LogP contribution in [0.25, 0.3) is 0 Å². The Balaban J connectivity index is 0.000000138. The monoisotopic (exact) mass is 1870 g/mol. The lowest BCUT2D eigenvalue weighted by Crippen LogP contribution is -2.49. The molecule has 2 unspecified atom stereocenters. The van der Waals surface area contributed by atoms with E-state index in [0.717, 1.165) is 168 Å². The minimum atomic E-state index is -4.33. The molecule has 2 atom stereocenters. The van der Waals surface area contributed by atoms with Crippen molar-refractivity contribution in [3.8, 4) is 0 Å². The van der Waals surface area contributed by atoms with Crippen molar-refractivity contribution in [2.24, 2.45) is 0 Å². The standard InChI is InChI=1S/C23H32N4O3S2.C21H26N2O2S2.C20H24N2OS.C18H19F3N2S.C18H23N2S/c1-24(2)32(29,30)19-8-9-23-21(18-19)27(20-6-3-4-7-22(20)31-23)11-5-10-25-12-14-26(15-13-25)16-17-28;1-22-13-6-5-7-16(22)12-14-23-18-8-3-4-9-20(18)26-21-11-10-17(15-19(21)23)27(2,24)25;1-4-18(23)15-10-11-20-17(14-15)22(13-7-12-21(2)3)16-8-5-6-9-19(16)24-20;1-22(2)10-5-11-23-14-6-3-4-7-16(14)24-17-9-8-13(12-15(17)23)18(19,20)21;1-14(20(2,3)4)13-19-15-9-5-7-11-17(15)21-18-12-8-6-10-16(18)19/h3-4,6-9,18,28H,5,10-17H2,1-2H3;3-4,8-11,15-16H,5-7,12-14H2,1-2H3;5-6,8-11,14H,4,7,12-13H2,1-3H3;3-4,6-9,12H,5,10-11H2,1-2H3;5-12,14H,13H2,1-4H3/q;;;;+1. The van der Waals surface area contributed by atoms with Crippen LogP contribution in [0.1, 0.15) is 81.1 Å². The zero-order valence-electron chi connectivity index (χ0n) is 76.0. The number of aliphatic hydroxyl groups excluding tert-OH is 1. The van der Waals surface area contributed by atoms with Crippen molar-refractivity contribution < 1.29 is 44.4 Å². The highest BCUT2D eigenvalue weighted by molar-refractivity contribution is 8.00. The fourth-order valence-corrected chi connectivity index (χ4v) is 23.6. The van der Waals surface area contributed by atoms with Crippen molar-refractivity contribution in [2.75, 3.05) is 199 Å². The van der Waals surface area contributed by atoms with Gasteiger partial charge in [-0.05, 0) is 246 Å². The highest BCUT2D eigenvalue weighted by atomic mass is 32.2. The molecule has 7 heterocycles. The fourth-order valence-electron chi connectivity index (χ4n) is 16.6. The first-order valence-corrected chi connectivity index (χ1v) is 51.6. The number of sulfonamides is 1. The molecule has 0 bridgehead atoms. The van der Waals surface area contributed by atoms with Gasteiger partial charge < -0.3 is 53.7 Å². The van der Waals surface area contributed by atoms with E-state index in [1.807, 2.05) is 104 Å². The summed E-state index contributed by atoms with van der Waals surface area (Å²) in [6.45, 7) is 17.8. The van der Waals surface area contributed by atoms with Crippen LogP contribution in [0.4, 0.5) is 70.0 Å². The quantitative estimate of drug-likeness (QED) is 0.0428. The smallest absolute Gasteiger partial charge is 0.395 e. The molecule has 1 N–H and O–H groups in total. The van der Waals surface area contributed by atoms with Gasteiger partial charge in [0.05, 0.1) is 107 Å². The minimum Gasteiger partial charge on any atom is -0.395 e. The van der Waals surface area contributed by atoms with Gasteiger partial charge in [0.15, 0.2) is 15.6 Å². The molecule has 2 saturated heterocycles. The first kappa shape index (κ1) is 97.5. The number of quaternary nitrogens is 1. The number of likely N-dealkylation sites (N-methyl/N-ethyl adjacent to an activating group) is 1. The number of para-hydroxylation sites is 6. The molecule has 28 heteroatoms. The highest BCUT2D eigenvalue weighted by Gasteiger charge is 2.36. The Morgan fingerprint density at radius 3 is 1.22 bits per heavy atom. The van der Waals surface area contributed by atoms with Gasteiger partial charge in [-0.1, -0.05) is 151 Å². The van der Waals surface area contributed by atoms with E-state index in [0.29, 0.717) is 40.5 Å². The van der Waals surface area contributed by atoms with E-state index in [1.54, 1.807) is 67.6 Å². The molecular formula is C100H124F3N12O6S7+. The minimum absolute atomic E-state index is 0.204. The summed E-state index contributed by atoms with van der Waals surface area (Å²) in [5, 5.41) is 9.13.